The highest BCUT2D eigenvalue weighted by Gasteiger charge is 2.33. The van der Waals surface area contributed by atoms with Crippen LogP contribution in [0.3, 0.4) is 0 Å². The summed E-state index contributed by atoms with van der Waals surface area (Å²) in [5, 5.41) is 0. The second kappa shape index (κ2) is 5.76. The molecule has 1 aromatic rings. The van der Waals surface area contributed by atoms with E-state index < -0.39 is 5.92 Å². The van der Waals surface area contributed by atoms with Crippen LogP contribution < -0.4 is 5.73 Å². The molecule has 0 atom stereocenters. The highest BCUT2D eigenvalue weighted by atomic mass is 19.3. The summed E-state index contributed by atoms with van der Waals surface area (Å²) in [5.41, 5.74) is 5.52. The maximum Gasteiger partial charge on any atom is 0.285 e. The van der Waals surface area contributed by atoms with Crippen LogP contribution in [0.1, 0.15) is 19.4 Å². The second-order valence-corrected chi connectivity index (χ2v) is 5.61. The molecule has 0 aliphatic heterocycles. The molecule has 0 bridgehead atoms. The summed E-state index contributed by atoms with van der Waals surface area (Å²) in [6.07, 6.45) is 0. The number of hydrogen-bond acceptors (Lipinski definition) is 2. The highest BCUT2D eigenvalue weighted by molar-refractivity contribution is 5.20. The molecule has 18 heavy (non-hydrogen) atoms. The lowest BCUT2D eigenvalue weighted by Gasteiger charge is -2.31. The lowest BCUT2D eigenvalue weighted by atomic mass is 9.93. The van der Waals surface area contributed by atoms with Crippen LogP contribution >= 0.6 is 0 Å². The summed E-state index contributed by atoms with van der Waals surface area (Å²) >= 11 is 0. The van der Waals surface area contributed by atoms with Crippen LogP contribution in [0.15, 0.2) is 30.3 Å². The summed E-state index contributed by atoms with van der Waals surface area (Å²) in [4.78, 5) is 1.64. The number of halogens is 2. The van der Waals surface area contributed by atoms with Gasteiger partial charge in [-0.2, -0.15) is 8.78 Å². The van der Waals surface area contributed by atoms with Gasteiger partial charge in [0, 0.05) is 12.1 Å². The van der Waals surface area contributed by atoms with Crippen LogP contribution in [0.4, 0.5) is 8.78 Å². The number of hydrogen-bond donors (Lipinski definition) is 1. The first kappa shape index (κ1) is 15.1. The Morgan fingerprint density at radius 3 is 2.17 bits per heavy atom. The molecule has 4 heteroatoms. The van der Waals surface area contributed by atoms with Crippen molar-refractivity contribution >= 4 is 0 Å². The van der Waals surface area contributed by atoms with Crippen LogP contribution in [-0.4, -0.2) is 31.6 Å². The molecular formula is C14H22F2N2. The smallest absolute Gasteiger partial charge is 0.285 e. The minimum absolute atomic E-state index is 0.0578. The van der Waals surface area contributed by atoms with E-state index in [1.807, 2.05) is 13.8 Å². The van der Waals surface area contributed by atoms with Gasteiger partial charge in [0.05, 0.1) is 6.54 Å². The third-order valence-corrected chi connectivity index (χ3v) is 2.92. The molecule has 0 amide bonds. The lowest BCUT2D eigenvalue weighted by molar-refractivity contribution is -0.0376. The van der Waals surface area contributed by atoms with Crippen molar-refractivity contribution in [2.75, 3.05) is 26.7 Å². The van der Waals surface area contributed by atoms with Crippen molar-refractivity contribution in [1.82, 2.24) is 4.90 Å². The van der Waals surface area contributed by atoms with Crippen molar-refractivity contribution in [2.45, 2.75) is 19.8 Å². The Labute approximate surface area is 108 Å². The van der Waals surface area contributed by atoms with Crippen LogP contribution in [-0.2, 0) is 5.92 Å². The molecular weight excluding hydrogens is 234 g/mol. The predicted octanol–water partition coefficient (Wildman–Crippen LogP) is 2.70. The first-order chi connectivity index (χ1) is 8.27. The van der Waals surface area contributed by atoms with Crippen LogP contribution in [0.25, 0.3) is 0 Å². The quantitative estimate of drug-likeness (QED) is 0.848. The van der Waals surface area contributed by atoms with E-state index in [-0.39, 0.29) is 17.5 Å². The molecule has 102 valence electrons. The summed E-state index contributed by atoms with van der Waals surface area (Å²) in [6, 6.07) is 7.92. The molecule has 0 spiro atoms. The van der Waals surface area contributed by atoms with Gasteiger partial charge in [0.1, 0.15) is 0 Å². The van der Waals surface area contributed by atoms with Gasteiger partial charge >= 0.3 is 0 Å². The molecule has 0 heterocycles. The summed E-state index contributed by atoms with van der Waals surface area (Å²) in [6.45, 7) is 4.69. The van der Waals surface area contributed by atoms with Gasteiger partial charge in [-0.05, 0) is 19.0 Å². The maximum atomic E-state index is 14.0. The van der Waals surface area contributed by atoms with Crippen LogP contribution in [0.2, 0.25) is 0 Å². The number of likely N-dealkylation sites (N-methyl/N-ethyl adjacent to an activating group) is 1. The van der Waals surface area contributed by atoms with E-state index in [1.54, 1.807) is 30.1 Å². The average molecular weight is 256 g/mol. The average Bonchev–Trinajstić information content (AvgIpc) is 2.28. The minimum Gasteiger partial charge on any atom is -0.330 e. The SMILES string of the molecule is CN(CC(C)(C)CN)CC(F)(F)c1ccccc1. The summed E-state index contributed by atoms with van der Waals surface area (Å²) in [7, 11) is 1.70. The molecule has 0 aliphatic rings. The zero-order valence-corrected chi connectivity index (χ0v) is 11.3. The number of nitrogens with zero attached hydrogens (tertiary/aromatic N) is 1. The van der Waals surface area contributed by atoms with Gasteiger partial charge < -0.3 is 5.73 Å². The third kappa shape index (κ3) is 4.35. The fraction of sp³-hybridized carbons (Fsp3) is 0.571. The lowest BCUT2D eigenvalue weighted by Crippen LogP contribution is -2.41. The van der Waals surface area contributed by atoms with Gasteiger partial charge in [0.25, 0.3) is 5.92 Å². The van der Waals surface area contributed by atoms with Gasteiger partial charge in [-0.25, -0.2) is 0 Å². The van der Waals surface area contributed by atoms with E-state index >= 15 is 0 Å². The van der Waals surface area contributed by atoms with Crippen molar-refractivity contribution in [1.29, 1.82) is 0 Å². The Morgan fingerprint density at radius 1 is 1.11 bits per heavy atom. The Kier molecular flexibility index (Phi) is 4.82. The molecule has 2 N–H and O–H groups in total. The van der Waals surface area contributed by atoms with Crippen LogP contribution in [0.5, 0.6) is 0 Å². The van der Waals surface area contributed by atoms with Crippen molar-refractivity contribution in [2.24, 2.45) is 11.1 Å². The number of nitrogens with two attached hydrogens (primary N) is 1. The van der Waals surface area contributed by atoms with E-state index in [9.17, 15) is 8.78 Å². The maximum absolute atomic E-state index is 14.0. The Morgan fingerprint density at radius 2 is 1.67 bits per heavy atom. The molecule has 2 nitrogen and oxygen atoms in total. The topological polar surface area (TPSA) is 29.3 Å². The third-order valence-electron chi connectivity index (χ3n) is 2.92. The molecule has 1 rings (SSSR count). The number of alkyl halides is 2. The summed E-state index contributed by atoms with van der Waals surface area (Å²) < 4.78 is 28.0. The highest BCUT2D eigenvalue weighted by Crippen LogP contribution is 2.29. The van der Waals surface area contributed by atoms with Gasteiger partial charge in [-0.1, -0.05) is 44.2 Å². The van der Waals surface area contributed by atoms with Gasteiger partial charge in [-0.15, -0.1) is 0 Å². The predicted molar refractivity (Wildman–Crippen MR) is 70.7 cm³/mol. The molecule has 0 unspecified atom stereocenters. The molecule has 0 fully saturated rings. The fourth-order valence-corrected chi connectivity index (χ4v) is 1.96. The van der Waals surface area contributed by atoms with Crippen molar-refractivity contribution in [3.63, 3.8) is 0 Å². The standard InChI is InChI=1S/C14H22F2N2/c1-13(2,9-17)10-18(3)11-14(15,16)12-7-5-4-6-8-12/h4-8H,9-11,17H2,1-3H3. The second-order valence-electron chi connectivity index (χ2n) is 5.61. The molecule has 0 radical (unpaired) electrons. The Balaban J connectivity index is 2.66. The van der Waals surface area contributed by atoms with Gasteiger partial charge in [0.2, 0.25) is 0 Å². The van der Waals surface area contributed by atoms with Crippen molar-refractivity contribution in [3.05, 3.63) is 35.9 Å². The Hall–Kier alpha value is -1.00. The van der Waals surface area contributed by atoms with Crippen LogP contribution in [0, 0.1) is 5.41 Å². The van der Waals surface area contributed by atoms with Crippen molar-refractivity contribution in [3.8, 4) is 0 Å². The zero-order valence-electron chi connectivity index (χ0n) is 11.3. The van der Waals surface area contributed by atoms with Gasteiger partial charge in [0.15, 0.2) is 0 Å². The first-order valence-corrected chi connectivity index (χ1v) is 6.09. The van der Waals surface area contributed by atoms with E-state index in [0.29, 0.717) is 13.1 Å². The Bertz CT molecular complexity index is 363. The minimum atomic E-state index is -2.83. The summed E-state index contributed by atoms with van der Waals surface area (Å²) in [5.74, 6) is -2.83. The van der Waals surface area contributed by atoms with E-state index in [1.165, 1.54) is 12.1 Å². The molecule has 0 aliphatic carbocycles. The first-order valence-electron chi connectivity index (χ1n) is 6.09. The largest absolute Gasteiger partial charge is 0.330 e. The van der Waals surface area contributed by atoms with E-state index in [2.05, 4.69) is 0 Å². The number of benzene rings is 1. The molecule has 0 aromatic heterocycles. The van der Waals surface area contributed by atoms with E-state index in [0.717, 1.165) is 0 Å². The van der Waals surface area contributed by atoms with Crippen molar-refractivity contribution < 1.29 is 8.78 Å². The normalized spacial score (nSPS) is 13.1. The van der Waals surface area contributed by atoms with Gasteiger partial charge in [-0.3, -0.25) is 4.90 Å². The molecule has 0 saturated carbocycles. The molecule has 0 saturated heterocycles. The zero-order chi connectivity index (χ0) is 13.8. The molecule has 1 aromatic carbocycles. The van der Waals surface area contributed by atoms with E-state index in [4.69, 9.17) is 5.73 Å². The number of rotatable bonds is 6. The monoisotopic (exact) mass is 256 g/mol. The fourth-order valence-electron chi connectivity index (χ4n) is 1.96.